The Hall–Kier alpha value is -1.84. The van der Waals surface area contributed by atoms with Crippen LogP contribution in [-0.4, -0.2) is 17.1 Å². The maximum atomic E-state index is 10.8. The van der Waals surface area contributed by atoms with Crippen molar-refractivity contribution in [3.8, 4) is 11.1 Å². The molecule has 2 rings (SSSR count). The van der Waals surface area contributed by atoms with Crippen LogP contribution in [0.2, 0.25) is 5.02 Å². The van der Waals surface area contributed by atoms with Crippen LogP contribution in [0.5, 0.6) is 0 Å². The molecule has 4 heteroatoms. The Morgan fingerprint density at radius 3 is 2.45 bits per heavy atom. The Labute approximate surface area is 135 Å². The summed E-state index contributed by atoms with van der Waals surface area (Å²) in [6.07, 6.45) is 1.15. The summed E-state index contributed by atoms with van der Waals surface area (Å²) in [6.45, 7) is 1.68. The first-order valence-electron chi connectivity index (χ1n) is 7.29. The minimum Gasteiger partial charge on any atom is -0.481 e. The van der Waals surface area contributed by atoms with Crippen LogP contribution < -0.4 is 5.73 Å². The van der Waals surface area contributed by atoms with Gasteiger partial charge in [-0.25, -0.2) is 0 Å². The minimum absolute atomic E-state index is 0.150. The molecule has 0 fully saturated rings. The van der Waals surface area contributed by atoms with Crippen molar-refractivity contribution in [1.82, 2.24) is 0 Å². The molecular weight excluding hydrogens is 298 g/mol. The molecular formula is C18H20ClNO2. The van der Waals surface area contributed by atoms with Crippen LogP contribution in [0.15, 0.2) is 48.5 Å². The van der Waals surface area contributed by atoms with Crippen LogP contribution in [0.4, 0.5) is 0 Å². The highest BCUT2D eigenvalue weighted by Gasteiger charge is 2.15. The second-order valence-corrected chi connectivity index (χ2v) is 6.08. The van der Waals surface area contributed by atoms with Crippen LogP contribution in [0.3, 0.4) is 0 Å². The number of nitrogens with two attached hydrogens (primary N) is 1. The van der Waals surface area contributed by atoms with Gasteiger partial charge in [0.2, 0.25) is 0 Å². The van der Waals surface area contributed by atoms with E-state index in [1.807, 2.05) is 48.5 Å². The van der Waals surface area contributed by atoms with Gasteiger partial charge in [-0.05, 0) is 41.7 Å². The van der Waals surface area contributed by atoms with E-state index >= 15 is 0 Å². The summed E-state index contributed by atoms with van der Waals surface area (Å²) in [6, 6.07) is 15.7. The molecule has 2 aromatic rings. The van der Waals surface area contributed by atoms with Gasteiger partial charge in [0.1, 0.15) is 0 Å². The third kappa shape index (κ3) is 4.58. The quantitative estimate of drug-likeness (QED) is 0.846. The van der Waals surface area contributed by atoms with Crippen LogP contribution in [0.25, 0.3) is 11.1 Å². The van der Waals surface area contributed by atoms with Crippen molar-refractivity contribution in [3.05, 3.63) is 59.1 Å². The van der Waals surface area contributed by atoms with Crippen LogP contribution in [0, 0.1) is 5.92 Å². The molecule has 0 spiro atoms. The topological polar surface area (TPSA) is 63.3 Å². The first-order valence-corrected chi connectivity index (χ1v) is 7.67. The average Bonchev–Trinajstić information content (AvgIpc) is 2.47. The lowest BCUT2D eigenvalue weighted by Crippen LogP contribution is -2.28. The number of hydrogen-bond donors (Lipinski definition) is 2. The predicted octanol–water partition coefficient (Wildman–Crippen LogP) is 3.99. The second-order valence-electron chi connectivity index (χ2n) is 5.65. The maximum absolute atomic E-state index is 10.8. The molecule has 0 amide bonds. The molecule has 2 unspecified atom stereocenters. The standard InChI is InChI=1S/C18H20ClNO2/c1-12(18(21)22)9-17(20)10-13-5-7-14(8-6-13)15-3-2-4-16(19)11-15/h2-8,11-12,17H,9-10,20H2,1H3,(H,21,22). The van der Waals surface area contributed by atoms with Gasteiger partial charge in [0.25, 0.3) is 0 Å². The molecule has 116 valence electrons. The van der Waals surface area contributed by atoms with Crippen molar-refractivity contribution in [2.45, 2.75) is 25.8 Å². The van der Waals surface area contributed by atoms with Gasteiger partial charge >= 0.3 is 5.97 Å². The third-order valence-electron chi connectivity index (χ3n) is 3.69. The molecule has 0 saturated carbocycles. The van der Waals surface area contributed by atoms with Gasteiger partial charge in [0, 0.05) is 11.1 Å². The van der Waals surface area contributed by atoms with Crippen molar-refractivity contribution in [2.24, 2.45) is 11.7 Å². The Morgan fingerprint density at radius 2 is 1.86 bits per heavy atom. The molecule has 0 aliphatic heterocycles. The van der Waals surface area contributed by atoms with Gasteiger partial charge in [-0.3, -0.25) is 4.79 Å². The van der Waals surface area contributed by atoms with E-state index in [0.717, 1.165) is 16.7 Å². The van der Waals surface area contributed by atoms with Gasteiger partial charge in [-0.1, -0.05) is 54.9 Å². The summed E-state index contributed by atoms with van der Waals surface area (Å²) in [5, 5.41) is 9.63. The summed E-state index contributed by atoms with van der Waals surface area (Å²) in [5.74, 6) is -1.22. The molecule has 2 aromatic carbocycles. The number of rotatable bonds is 6. The number of carboxylic acid groups (broad SMARTS) is 1. The molecule has 0 aliphatic carbocycles. The molecule has 0 radical (unpaired) electrons. The molecule has 0 saturated heterocycles. The Morgan fingerprint density at radius 1 is 1.18 bits per heavy atom. The normalized spacial score (nSPS) is 13.6. The maximum Gasteiger partial charge on any atom is 0.306 e. The van der Waals surface area contributed by atoms with E-state index in [1.165, 1.54) is 0 Å². The largest absolute Gasteiger partial charge is 0.481 e. The van der Waals surface area contributed by atoms with Crippen molar-refractivity contribution in [2.75, 3.05) is 0 Å². The van der Waals surface area contributed by atoms with E-state index in [1.54, 1.807) is 6.92 Å². The molecule has 0 heterocycles. The highest BCUT2D eigenvalue weighted by atomic mass is 35.5. The smallest absolute Gasteiger partial charge is 0.306 e. The molecule has 22 heavy (non-hydrogen) atoms. The fourth-order valence-corrected chi connectivity index (χ4v) is 2.63. The SMILES string of the molecule is CC(CC(N)Cc1ccc(-c2cccc(Cl)c2)cc1)C(=O)O. The van der Waals surface area contributed by atoms with Crippen molar-refractivity contribution in [3.63, 3.8) is 0 Å². The summed E-state index contributed by atoms with van der Waals surface area (Å²) < 4.78 is 0. The molecule has 3 N–H and O–H groups in total. The highest BCUT2D eigenvalue weighted by molar-refractivity contribution is 6.30. The van der Waals surface area contributed by atoms with E-state index in [9.17, 15) is 4.79 Å². The number of aliphatic carboxylic acids is 1. The van der Waals surface area contributed by atoms with Gasteiger partial charge < -0.3 is 10.8 Å². The highest BCUT2D eigenvalue weighted by Crippen LogP contribution is 2.23. The summed E-state index contributed by atoms with van der Waals surface area (Å²) in [4.78, 5) is 10.8. The summed E-state index contributed by atoms with van der Waals surface area (Å²) in [7, 11) is 0. The first kappa shape index (κ1) is 16.5. The molecule has 0 aromatic heterocycles. The Kier molecular flexibility index (Phi) is 5.58. The van der Waals surface area contributed by atoms with Crippen LogP contribution in [0.1, 0.15) is 18.9 Å². The van der Waals surface area contributed by atoms with E-state index in [4.69, 9.17) is 22.4 Å². The number of benzene rings is 2. The van der Waals surface area contributed by atoms with Crippen molar-refractivity contribution in [1.29, 1.82) is 0 Å². The van der Waals surface area contributed by atoms with Crippen molar-refractivity contribution < 1.29 is 9.90 Å². The van der Waals surface area contributed by atoms with Crippen LogP contribution in [-0.2, 0) is 11.2 Å². The average molecular weight is 318 g/mol. The third-order valence-corrected chi connectivity index (χ3v) is 3.92. The Balaban J connectivity index is 2.01. The summed E-state index contributed by atoms with van der Waals surface area (Å²) in [5.41, 5.74) is 9.31. The van der Waals surface area contributed by atoms with E-state index < -0.39 is 11.9 Å². The lowest BCUT2D eigenvalue weighted by molar-refractivity contribution is -0.141. The number of hydrogen-bond acceptors (Lipinski definition) is 2. The fraction of sp³-hybridized carbons (Fsp3) is 0.278. The molecule has 0 bridgehead atoms. The molecule has 2 atom stereocenters. The van der Waals surface area contributed by atoms with E-state index in [2.05, 4.69) is 0 Å². The molecule has 0 aliphatic rings. The number of halogens is 1. The second kappa shape index (κ2) is 7.43. The molecule has 3 nitrogen and oxygen atoms in total. The number of carbonyl (C=O) groups is 1. The van der Waals surface area contributed by atoms with E-state index in [-0.39, 0.29) is 6.04 Å². The number of carboxylic acids is 1. The van der Waals surface area contributed by atoms with E-state index in [0.29, 0.717) is 17.9 Å². The van der Waals surface area contributed by atoms with Gasteiger partial charge in [-0.15, -0.1) is 0 Å². The Bertz CT molecular complexity index is 640. The predicted molar refractivity (Wildman–Crippen MR) is 90.0 cm³/mol. The van der Waals surface area contributed by atoms with Crippen molar-refractivity contribution >= 4 is 17.6 Å². The monoisotopic (exact) mass is 317 g/mol. The lowest BCUT2D eigenvalue weighted by Gasteiger charge is -2.14. The van der Waals surface area contributed by atoms with Gasteiger partial charge in [0.05, 0.1) is 5.92 Å². The fourth-order valence-electron chi connectivity index (χ4n) is 2.44. The lowest BCUT2D eigenvalue weighted by atomic mass is 9.96. The first-order chi connectivity index (χ1) is 10.5. The zero-order valence-corrected chi connectivity index (χ0v) is 13.3. The van der Waals surface area contributed by atoms with Gasteiger partial charge in [0.15, 0.2) is 0 Å². The zero-order valence-electron chi connectivity index (χ0n) is 12.5. The van der Waals surface area contributed by atoms with Gasteiger partial charge in [-0.2, -0.15) is 0 Å². The zero-order chi connectivity index (χ0) is 16.1. The van der Waals surface area contributed by atoms with Crippen LogP contribution >= 0.6 is 11.6 Å². The minimum atomic E-state index is -0.799. The summed E-state index contributed by atoms with van der Waals surface area (Å²) >= 11 is 6.00.